The first kappa shape index (κ1) is 15.3. The molecule has 100 valence electrons. The van der Waals surface area contributed by atoms with Crippen LogP contribution in [0, 0.1) is 0 Å². The largest absolute Gasteiger partial charge is 0.511 e. The Morgan fingerprint density at radius 3 is 2.44 bits per heavy atom. The second-order valence-corrected chi connectivity index (χ2v) is 6.20. The normalized spacial score (nSPS) is 12.5. The molecular formula is C13H20O4P+. The topological polar surface area (TPSA) is 44.8 Å². The van der Waals surface area contributed by atoms with Crippen molar-refractivity contribution in [3.8, 4) is 0 Å². The highest BCUT2D eigenvalue weighted by atomic mass is 31.1. The minimum atomic E-state index is -1.71. The summed E-state index contributed by atoms with van der Waals surface area (Å²) in [5.74, 6) is 0. The number of hydrogen-bond acceptors (Lipinski definition) is 4. The average molecular weight is 271 g/mol. The summed E-state index contributed by atoms with van der Waals surface area (Å²) in [4.78, 5) is 10.0. The maximum Gasteiger partial charge on any atom is 0.511 e. The van der Waals surface area contributed by atoms with Crippen molar-refractivity contribution in [3.05, 3.63) is 35.9 Å². The molecule has 0 aliphatic rings. The summed E-state index contributed by atoms with van der Waals surface area (Å²) in [5.41, 5.74) is 0.656. The Balaban J connectivity index is 2.11. The second-order valence-electron chi connectivity index (χ2n) is 4.83. The molecule has 1 aromatic rings. The van der Waals surface area contributed by atoms with Gasteiger partial charge in [-0.25, -0.2) is 9.78 Å². The molecule has 1 unspecified atom stereocenters. The van der Waals surface area contributed by atoms with Crippen LogP contribution in [0.3, 0.4) is 0 Å². The molecule has 0 spiro atoms. The van der Waals surface area contributed by atoms with Gasteiger partial charge in [0.2, 0.25) is 6.16 Å². The van der Waals surface area contributed by atoms with Crippen LogP contribution in [0.5, 0.6) is 0 Å². The molecule has 0 aliphatic heterocycles. The third-order valence-corrected chi connectivity index (χ3v) is 2.85. The van der Waals surface area contributed by atoms with Gasteiger partial charge in [-0.2, -0.15) is 0 Å². The van der Waals surface area contributed by atoms with Crippen molar-refractivity contribution in [1.29, 1.82) is 0 Å². The van der Waals surface area contributed by atoms with Crippen molar-refractivity contribution in [2.45, 2.75) is 33.0 Å². The van der Waals surface area contributed by atoms with Crippen LogP contribution in [0.2, 0.25) is 0 Å². The van der Waals surface area contributed by atoms with E-state index < -0.39 is 8.03 Å². The second kappa shape index (κ2) is 7.59. The van der Waals surface area contributed by atoms with E-state index in [2.05, 4.69) is 0 Å². The van der Waals surface area contributed by atoms with Gasteiger partial charge in [-0.05, 0) is 30.9 Å². The minimum absolute atomic E-state index is 0.265. The molecule has 0 saturated heterocycles. The fourth-order valence-electron chi connectivity index (χ4n) is 1.12. The van der Waals surface area contributed by atoms with Crippen LogP contribution in [0.1, 0.15) is 26.3 Å². The summed E-state index contributed by atoms with van der Waals surface area (Å²) in [6, 6.07) is 9.64. The van der Waals surface area contributed by atoms with Crippen LogP contribution in [-0.2, 0) is 25.5 Å². The van der Waals surface area contributed by atoms with Crippen LogP contribution in [0.15, 0.2) is 30.3 Å². The first-order chi connectivity index (χ1) is 8.47. The van der Waals surface area contributed by atoms with E-state index >= 15 is 0 Å². The molecule has 0 saturated carbocycles. The lowest BCUT2D eigenvalue weighted by atomic mass is 10.2. The highest BCUT2D eigenvalue weighted by Gasteiger charge is 2.19. The van der Waals surface area contributed by atoms with Gasteiger partial charge in [0, 0.05) is 0 Å². The highest BCUT2D eigenvalue weighted by Crippen LogP contribution is 2.23. The maximum absolute atomic E-state index is 11.5. The molecule has 1 rings (SSSR count). The van der Waals surface area contributed by atoms with E-state index in [0.717, 1.165) is 5.56 Å². The highest BCUT2D eigenvalue weighted by molar-refractivity contribution is 7.39. The minimum Gasteiger partial charge on any atom is -0.232 e. The number of benzene rings is 1. The summed E-state index contributed by atoms with van der Waals surface area (Å²) in [7, 11) is -1.71. The van der Waals surface area contributed by atoms with E-state index in [0.29, 0.717) is 12.8 Å². The van der Waals surface area contributed by atoms with Gasteiger partial charge in [0.15, 0.2) is 0 Å². The Hall–Kier alpha value is -0.800. The Morgan fingerprint density at radius 2 is 1.83 bits per heavy atom. The Bertz CT molecular complexity index is 359. The van der Waals surface area contributed by atoms with Crippen LogP contribution in [0.25, 0.3) is 0 Å². The summed E-state index contributed by atoms with van der Waals surface area (Å²) in [5, 5.41) is 0. The van der Waals surface area contributed by atoms with Crippen molar-refractivity contribution >= 4 is 8.03 Å². The number of hydrogen-bond donors (Lipinski definition) is 0. The fourth-order valence-corrected chi connectivity index (χ4v) is 1.76. The predicted octanol–water partition coefficient (Wildman–Crippen LogP) is 3.69. The lowest BCUT2D eigenvalue weighted by molar-refractivity contribution is -0.345. The van der Waals surface area contributed by atoms with Crippen molar-refractivity contribution in [3.63, 3.8) is 0 Å². The van der Waals surface area contributed by atoms with Gasteiger partial charge >= 0.3 is 8.03 Å². The van der Waals surface area contributed by atoms with Crippen molar-refractivity contribution in [1.82, 2.24) is 0 Å². The molecule has 0 fully saturated rings. The first-order valence-electron chi connectivity index (χ1n) is 5.89. The van der Waals surface area contributed by atoms with E-state index in [9.17, 15) is 4.57 Å². The van der Waals surface area contributed by atoms with Crippen LogP contribution < -0.4 is 0 Å². The van der Waals surface area contributed by atoms with Gasteiger partial charge in [-0.15, -0.1) is 4.52 Å². The van der Waals surface area contributed by atoms with Gasteiger partial charge in [-0.3, -0.25) is 0 Å². The zero-order valence-electron chi connectivity index (χ0n) is 11.1. The quantitative estimate of drug-likeness (QED) is 0.328. The lowest BCUT2D eigenvalue weighted by Crippen LogP contribution is -2.20. The molecule has 5 heteroatoms. The molecule has 0 aromatic heterocycles. The van der Waals surface area contributed by atoms with E-state index in [1.165, 1.54) is 0 Å². The first-order valence-corrected chi connectivity index (χ1v) is 7.26. The molecule has 1 atom stereocenters. The average Bonchev–Trinajstić information content (AvgIpc) is 2.32. The summed E-state index contributed by atoms with van der Waals surface area (Å²) in [6.45, 7) is 6.29. The van der Waals surface area contributed by atoms with Gasteiger partial charge in [-0.1, -0.05) is 30.3 Å². The Labute approximate surface area is 109 Å². The van der Waals surface area contributed by atoms with Crippen molar-refractivity contribution in [2.24, 2.45) is 0 Å². The molecule has 18 heavy (non-hydrogen) atoms. The Kier molecular flexibility index (Phi) is 6.44. The maximum atomic E-state index is 11.5. The third-order valence-electron chi connectivity index (χ3n) is 1.88. The fraction of sp³-hybridized carbons (Fsp3) is 0.538. The van der Waals surface area contributed by atoms with Crippen molar-refractivity contribution in [2.75, 3.05) is 12.8 Å². The van der Waals surface area contributed by atoms with E-state index in [1.54, 1.807) is 0 Å². The zero-order chi connectivity index (χ0) is 13.4. The van der Waals surface area contributed by atoms with E-state index in [1.807, 2.05) is 51.1 Å². The number of rotatable bonds is 7. The summed E-state index contributed by atoms with van der Waals surface area (Å²) >= 11 is 0. The molecule has 0 heterocycles. The molecule has 0 amide bonds. The third kappa shape index (κ3) is 7.51. The predicted molar refractivity (Wildman–Crippen MR) is 70.5 cm³/mol. The smallest absolute Gasteiger partial charge is 0.232 e. The molecule has 0 radical (unpaired) electrons. The molecule has 0 aliphatic carbocycles. The molecule has 0 N–H and O–H groups in total. The Morgan fingerprint density at radius 1 is 1.17 bits per heavy atom. The lowest BCUT2D eigenvalue weighted by Gasteiger charge is -2.16. The van der Waals surface area contributed by atoms with E-state index in [-0.39, 0.29) is 12.2 Å². The van der Waals surface area contributed by atoms with Crippen LogP contribution in [-0.4, -0.2) is 18.4 Å². The molecule has 1 aromatic carbocycles. The zero-order valence-corrected chi connectivity index (χ0v) is 12.0. The molecular weight excluding hydrogens is 251 g/mol. The SMILES string of the molecule is CC(C)(C)OOCC[P+](=O)OCc1ccccc1. The van der Waals surface area contributed by atoms with Gasteiger partial charge < -0.3 is 0 Å². The molecule has 0 bridgehead atoms. The van der Waals surface area contributed by atoms with Crippen LogP contribution in [0.4, 0.5) is 0 Å². The monoisotopic (exact) mass is 271 g/mol. The van der Waals surface area contributed by atoms with Gasteiger partial charge in [0.25, 0.3) is 0 Å². The van der Waals surface area contributed by atoms with Crippen molar-refractivity contribution < 1.29 is 18.9 Å². The standard InChI is InChI=1S/C13H20O4P/c1-13(2,3)17-15-9-10-18(14)16-11-12-7-5-4-6-8-12/h4-8H,9-11H2,1-3H3/q+1. The van der Waals surface area contributed by atoms with Gasteiger partial charge in [0.1, 0.15) is 13.2 Å². The van der Waals surface area contributed by atoms with Crippen LogP contribution >= 0.6 is 8.03 Å². The molecule has 4 nitrogen and oxygen atoms in total. The summed E-state index contributed by atoms with van der Waals surface area (Å²) < 4.78 is 16.8. The van der Waals surface area contributed by atoms with Gasteiger partial charge in [0.05, 0.1) is 5.60 Å². The summed E-state index contributed by atoms with van der Waals surface area (Å²) in [6.07, 6.45) is 0.332. The van der Waals surface area contributed by atoms with E-state index in [4.69, 9.17) is 14.3 Å².